The lowest BCUT2D eigenvalue weighted by molar-refractivity contribution is -0.140. The van der Waals surface area contributed by atoms with Gasteiger partial charge in [0.2, 0.25) is 0 Å². The second-order valence-corrected chi connectivity index (χ2v) is 14.6. The predicted octanol–water partition coefficient (Wildman–Crippen LogP) is 8.15. The molecule has 0 aromatic rings. The van der Waals surface area contributed by atoms with Gasteiger partial charge in [-0.15, -0.1) is 0 Å². The SMILES string of the molecule is C=C(CCC(C=O)C1(C)CC[C@@]2(C)C3=CCC4C(C)(C)C(O)CCC4(C)C3CCC12C)C(C)C. The van der Waals surface area contributed by atoms with Crippen LogP contribution >= 0.6 is 0 Å². The number of aldehydes is 1. The largest absolute Gasteiger partial charge is 0.393 e. The van der Waals surface area contributed by atoms with Gasteiger partial charge in [0.05, 0.1) is 6.10 Å². The van der Waals surface area contributed by atoms with Gasteiger partial charge in [0.15, 0.2) is 0 Å². The number of hydrogen-bond acceptors (Lipinski definition) is 2. The average molecular weight is 469 g/mol. The number of hydrogen-bond donors (Lipinski definition) is 1. The summed E-state index contributed by atoms with van der Waals surface area (Å²) in [5.74, 6) is 1.75. The molecule has 7 unspecified atom stereocenters. The van der Waals surface area contributed by atoms with Crippen molar-refractivity contribution in [2.24, 2.45) is 50.7 Å². The molecule has 0 heterocycles. The third kappa shape index (κ3) is 3.32. The Balaban J connectivity index is 1.68. The van der Waals surface area contributed by atoms with Gasteiger partial charge in [-0.2, -0.15) is 0 Å². The van der Waals surface area contributed by atoms with Gasteiger partial charge < -0.3 is 9.90 Å². The van der Waals surface area contributed by atoms with Crippen LogP contribution in [0.1, 0.15) is 113 Å². The molecule has 8 atom stereocenters. The smallest absolute Gasteiger partial charge is 0.123 e. The van der Waals surface area contributed by atoms with Gasteiger partial charge in [-0.1, -0.05) is 79.2 Å². The molecular weight excluding hydrogens is 416 g/mol. The molecule has 3 fully saturated rings. The summed E-state index contributed by atoms with van der Waals surface area (Å²) in [7, 11) is 0. The molecule has 0 bridgehead atoms. The van der Waals surface area contributed by atoms with E-state index in [1.54, 1.807) is 5.57 Å². The minimum Gasteiger partial charge on any atom is -0.393 e. The van der Waals surface area contributed by atoms with E-state index in [0.717, 1.165) is 38.5 Å². The summed E-state index contributed by atoms with van der Waals surface area (Å²) in [4.78, 5) is 12.6. The molecule has 0 spiro atoms. The van der Waals surface area contributed by atoms with Crippen molar-refractivity contribution in [2.75, 3.05) is 0 Å². The fourth-order valence-corrected chi connectivity index (χ4v) is 9.81. The summed E-state index contributed by atoms with van der Waals surface area (Å²) in [6.45, 7) is 23.4. The summed E-state index contributed by atoms with van der Waals surface area (Å²) in [6, 6.07) is 0. The van der Waals surface area contributed by atoms with Gasteiger partial charge >= 0.3 is 0 Å². The van der Waals surface area contributed by atoms with E-state index in [9.17, 15) is 9.90 Å². The summed E-state index contributed by atoms with van der Waals surface area (Å²) in [5, 5.41) is 10.8. The molecule has 0 radical (unpaired) electrons. The number of rotatable bonds is 6. The van der Waals surface area contributed by atoms with Crippen molar-refractivity contribution < 1.29 is 9.90 Å². The second-order valence-electron chi connectivity index (χ2n) is 14.6. The molecule has 0 aromatic heterocycles. The van der Waals surface area contributed by atoms with Gasteiger partial charge in [-0.3, -0.25) is 0 Å². The Labute approximate surface area is 210 Å². The number of fused-ring (bicyclic) bond motifs is 5. The Hall–Kier alpha value is -0.890. The zero-order valence-electron chi connectivity index (χ0n) is 23.5. The summed E-state index contributed by atoms with van der Waals surface area (Å²) in [5.41, 5.74) is 3.58. The monoisotopic (exact) mass is 468 g/mol. The Bertz CT molecular complexity index is 866. The summed E-state index contributed by atoms with van der Waals surface area (Å²) < 4.78 is 0. The zero-order chi connectivity index (χ0) is 25.3. The lowest BCUT2D eigenvalue weighted by atomic mass is 9.39. The molecule has 4 rings (SSSR count). The van der Waals surface area contributed by atoms with Crippen LogP contribution in [0.4, 0.5) is 0 Å². The van der Waals surface area contributed by atoms with Crippen molar-refractivity contribution in [3.8, 4) is 0 Å². The van der Waals surface area contributed by atoms with Crippen molar-refractivity contribution in [1.29, 1.82) is 0 Å². The van der Waals surface area contributed by atoms with E-state index in [4.69, 9.17) is 0 Å². The standard InChI is InChI=1S/C32H52O2/c1-21(2)22(3)10-11-23(20-33)30(7)18-19-31(8)25-12-13-26-28(4,5)27(34)15-16-29(26,6)24(25)14-17-32(30,31)9/h12,20-21,23-24,26-27,34H,3,10-11,13-19H2,1-2,4-9H3/t23?,24?,26?,27?,29?,30?,31-,32?/m0/s1. The topological polar surface area (TPSA) is 37.3 Å². The normalized spacial score (nSPS) is 46.2. The van der Waals surface area contributed by atoms with Crippen molar-refractivity contribution >= 4 is 6.29 Å². The van der Waals surface area contributed by atoms with Crippen LogP contribution in [0.5, 0.6) is 0 Å². The quantitative estimate of drug-likeness (QED) is 0.315. The minimum atomic E-state index is -0.186. The number of allylic oxidation sites excluding steroid dienone is 3. The minimum absolute atomic E-state index is 0.0255. The second kappa shape index (κ2) is 8.32. The first-order chi connectivity index (χ1) is 15.7. The van der Waals surface area contributed by atoms with Crippen LogP contribution in [0.3, 0.4) is 0 Å². The molecule has 34 heavy (non-hydrogen) atoms. The molecule has 2 heteroatoms. The Morgan fingerprint density at radius 2 is 1.76 bits per heavy atom. The molecule has 0 amide bonds. The van der Waals surface area contributed by atoms with Crippen LogP contribution in [0.2, 0.25) is 0 Å². The van der Waals surface area contributed by atoms with E-state index < -0.39 is 0 Å². The highest BCUT2D eigenvalue weighted by molar-refractivity contribution is 5.56. The molecule has 4 aliphatic rings. The van der Waals surface area contributed by atoms with Gasteiger partial charge in [0, 0.05) is 5.92 Å². The molecule has 0 aromatic carbocycles. The average Bonchev–Trinajstić information content (AvgIpc) is 2.99. The van der Waals surface area contributed by atoms with E-state index in [1.165, 1.54) is 31.1 Å². The first-order valence-electron chi connectivity index (χ1n) is 14.2. The molecule has 0 aliphatic heterocycles. The molecule has 0 saturated heterocycles. The Morgan fingerprint density at radius 3 is 2.38 bits per heavy atom. The molecule has 192 valence electrons. The molecule has 1 N–H and O–H groups in total. The highest BCUT2D eigenvalue weighted by Gasteiger charge is 2.69. The van der Waals surface area contributed by atoms with Crippen molar-refractivity contribution in [3.05, 3.63) is 23.8 Å². The van der Waals surface area contributed by atoms with Gasteiger partial charge in [-0.25, -0.2) is 0 Å². The highest BCUT2D eigenvalue weighted by Crippen LogP contribution is 2.76. The Kier molecular flexibility index (Phi) is 6.41. The first kappa shape index (κ1) is 26.2. The van der Waals surface area contributed by atoms with Crippen molar-refractivity contribution in [1.82, 2.24) is 0 Å². The van der Waals surface area contributed by atoms with Gasteiger partial charge in [-0.05, 0) is 103 Å². The van der Waals surface area contributed by atoms with Crippen LogP contribution in [-0.2, 0) is 4.79 Å². The molecule has 2 nitrogen and oxygen atoms in total. The van der Waals surface area contributed by atoms with Crippen LogP contribution in [-0.4, -0.2) is 17.5 Å². The third-order valence-corrected chi connectivity index (χ3v) is 13.0. The van der Waals surface area contributed by atoms with Crippen LogP contribution in [0.25, 0.3) is 0 Å². The number of aliphatic hydroxyl groups is 1. The summed E-state index contributed by atoms with van der Waals surface area (Å²) >= 11 is 0. The maximum atomic E-state index is 12.6. The number of carbonyl (C=O) groups excluding carboxylic acids is 1. The van der Waals surface area contributed by atoms with Gasteiger partial charge in [0.1, 0.15) is 6.29 Å². The lowest BCUT2D eigenvalue weighted by Crippen LogP contribution is -2.59. The van der Waals surface area contributed by atoms with E-state index in [2.05, 4.69) is 68.0 Å². The highest BCUT2D eigenvalue weighted by atomic mass is 16.3. The van der Waals surface area contributed by atoms with E-state index in [-0.39, 0.29) is 39.1 Å². The summed E-state index contributed by atoms with van der Waals surface area (Å²) in [6.07, 6.45) is 13.6. The molecule has 4 aliphatic carbocycles. The number of carbonyl (C=O) groups is 1. The van der Waals surface area contributed by atoms with E-state index >= 15 is 0 Å². The fraction of sp³-hybridized carbons (Fsp3) is 0.844. The van der Waals surface area contributed by atoms with E-state index in [1.807, 2.05) is 0 Å². The predicted molar refractivity (Wildman–Crippen MR) is 142 cm³/mol. The van der Waals surface area contributed by atoms with E-state index in [0.29, 0.717) is 17.8 Å². The maximum Gasteiger partial charge on any atom is 0.123 e. The zero-order valence-corrected chi connectivity index (χ0v) is 23.5. The third-order valence-electron chi connectivity index (χ3n) is 13.0. The molecule has 3 saturated carbocycles. The molecular formula is C32H52O2. The maximum absolute atomic E-state index is 12.6. The Morgan fingerprint density at radius 1 is 1.09 bits per heavy atom. The fourth-order valence-electron chi connectivity index (χ4n) is 9.81. The van der Waals surface area contributed by atoms with Crippen LogP contribution in [0, 0.1) is 50.7 Å². The lowest BCUT2D eigenvalue weighted by Gasteiger charge is -2.65. The van der Waals surface area contributed by atoms with Crippen molar-refractivity contribution in [3.63, 3.8) is 0 Å². The van der Waals surface area contributed by atoms with Crippen LogP contribution in [0.15, 0.2) is 23.8 Å². The van der Waals surface area contributed by atoms with Gasteiger partial charge in [0.25, 0.3) is 0 Å². The van der Waals surface area contributed by atoms with Crippen LogP contribution < -0.4 is 0 Å². The first-order valence-corrected chi connectivity index (χ1v) is 14.2. The van der Waals surface area contributed by atoms with Crippen molar-refractivity contribution in [2.45, 2.75) is 119 Å². The number of aliphatic hydroxyl groups excluding tert-OH is 1.